The maximum atomic E-state index is 12.0. The number of thiazole rings is 1. The van der Waals surface area contributed by atoms with Gasteiger partial charge in [-0.05, 0) is 26.3 Å². The van der Waals surface area contributed by atoms with Crippen molar-refractivity contribution in [2.75, 3.05) is 5.32 Å². The van der Waals surface area contributed by atoms with Gasteiger partial charge in [0.2, 0.25) is 0 Å². The minimum atomic E-state index is -0.339. The van der Waals surface area contributed by atoms with Crippen molar-refractivity contribution >= 4 is 22.4 Å². The highest BCUT2D eigenvalue weighted by Crippen LogP contribution is 2.23. The molecule has 2 rings (SSSR count). The van der Waals surface area contributed by atoms with Crippen molar-refractivity contribution in [3.63, 3.8) is 0 Å². The molecule has 96 valence electrons. The number of anilines is 1. The summed E-state index contributed by atoms with van der Waals surface area (Å²) >= 11 is 1.51. The Morgan fingerprint density at radius 2 is 2.39 bits per heavy atom. The SMILES string of the molecule is CCc1nc(NC(=O)C(C)n2cccn2)sc1C. The zero-order valence-corrected chi connectivity index (χ0v) is 11.5. The highest BCUT2D eigenvalue weighted by molar-refractivity contribution is 7.15. The van der Waals surface area contributed by atoms with E-state index in [1.165, 1.54) is 11.3 Å². The topological polar surface area (TPSA) is 59.8 Å². The van der Waals surface area contributed by atoms with Crippen LogP contribution in [0, 0.1) is 6.92 Å². The Balaban J connectivity index is 2.07. The molecular formula is C12H16N4OS. The molecule has 1 amide bonds. The Morgan fingerprint density at radius 3 is 2.94 bits per heavy atom. The number of amides is 1. The van der Waals surface area contributed by atoms with Gasteiger partial charge in [-0.15, -0.1) is 11.3 Å². The van der Waals surface area contributed by atoms with E-state index in [0.29, 0.717) is 5.13 Å². The Bertz CT molecular complexity index is 532. The van der Waals surface area contributed by atoms with Crippen molar-refractivity contribution in [2.45, 2.75) is 33.2 Å². The normalized spacial score (nSPS) is 12.4. The van der Waals surface area contributed by atoms with Gasteiger partial charge in [-0.25, -0.2) is 4.98 Å². The van der Waals surface area contributed by atoms with Crippen LogP contribution in [0.15, 0.2) is 18.5 Å². The number of nitrogens with zero attached hydrogens (tertiary/aromatic N) is 3. The Kier molecular flexibility index (Phi) is 3.76. The lowest BCUT2D eigenvalue weighted by Crippen LogP contribution is -2.23. The molecule has 0 aliphatic carbocycles. The van der Waals surface area contributed by atoms with Crippen molar-refractivity contribution in [2.24, 2.45) is 0 Å². The summed E-state index contributed by atoms with van der Waals surface area (Å²) in [4.78, 5) is 17.6. The van der Waals surface area contributed by atoms with Gasteiger partial charge in [0.1, 0.15) is 6.04 Å². The summed E-state index contributed by atoms with van der Waals surface area (Å²) in [5, 5.41) is 7.55. The first-order valence-electron chi connectivity index (χ1n) is 5.88. The van der Waals surface area contributed by atoms with Crippen molar-refractivity contribution in [1.29, 1.82) is 0 Å². The zero-order valence-electron chi connectivity index (χ0n) is 10.7. The third-order valence-electron chi connectivity index (χ3n) is 2.76. The second-order valence-electron chi connectivity index (χ2n) is 4.03. The first kappa shape index (κ1) is 12.8. The van der Waals surface area contributed by atoms with Gasteiger partial charge in [-0.3, -0.25) is 9.48 Å². The van der Waals surface area contributed by atoms with Gasteiger partial charge in [0.05, 0.1) is 5.69 Å². The minimum absolute atomic E-state index is 0.102. The van der Waals surface area contributed by atoms with Crippen LogP contribution in [0.5, 0.6) is 0 Å². The van der Waals surface area contributed by atoms with E-state index < -0.39 is 0 Å². The lowest BCUT2D eigenvalue weighted by Gasteiger charge is -2.10. The number of rotatable bonds is 4. The number of hydrogen-bond donors (Lipinski definition) is 1. The molecule has 2 aromatic heterocycles. The molecule has 0 radical (unpaired) electrons. The number of carbonyl (C=O) groups excluding carboxylic acids is 1. The second kappa shape index (κ2) is 5.30. The molecule has 0 aliphatic heterocycles. The first-order valence-corrected chi connectivity index (χ1v) is 6.69. The molecule has 0 bridgehead atoms. The Labute approximate surface area is 110 Å². The molecule has 6 heteroatoms. The van der Waals surface area contributed by atoms with Crippen LogP contribution in [0.2, 0.25) is 0 Å². The fourth-order valence-electron chi connectivity index (χ4n) is 1.65. The molecular weight excluding hydrogens is 248 g/mol. The summed E-state index contributed by atoms with van der Waals surface area (Å²) in [6.07, 6.45) is 4.31. The van der Waals surface area contributed by atoms with E-state index in [1.807, 2.05) is 13.8 Å². The van der Waals surface area contributed by atoms with Gasteiger partial charge < -0.3 is 5.32 Å². The van der Waals surface area contributed by atoms with E-state index in [0.717, 1.165) is 17.0 Å². The molecule has 0 aromatic carbocycles. The predicted molar refractivity (Wildman–Crippen MR) is 71.8 cm³/mol. The van der Waals surface area contributed by atoms with E-state index in [-0.39, 0.29) is 11.9 Å². The maximum Gasteiger partial charge on any atom is 0.250 e. The van der Waals surface area contributed by atoms with E-state index in [9.17, 15) is 4.79 Å². The van der Waals surface area contributed by atoms with Crippen molar-refractivity contribution < 1.29 is 4.79 Å². The average Bonchev–Trinajstić information content (AvgIpc) is 2.97. The van der Waals surface area contributed by atoms with Gasteiger partial charge in [-0.2, -0.15) is 5.10 Å². The van der Waals surface area contributed by atoms with E-state index in [1.54, 1.807) is 23.1 Å². The number of aromatic nitrogens is 3. The Morgan fingerprint density at radius 1 is 1.61 bits per heavy atom. The quantitative estimate of drug-likeness (QED) is 0.922. The smallest absolute Gasteiger partial charge is 0.250 e. The number of carbonyl (C=O) groups is 1. The largest absolute Gasteiger partial charge is 0.300 e. The van der Waals surface area contributed by atoms with Gasteiger partial charge in [0, 0.05) is 17.3 Å². The minimum Gasteiger partial charge on any atom is -0.300 e. The van der Waals surface area contributed by atoms with Gasteiger partial charge in [0.15, 0.2) is 5.13 Å². The molecule has 0 spiro atoms. The number of nitrogens with one attached hydrogen (secondary N) is 1. The lowest BCUT2D eigenvalue weighted by molar-refractivity contribution is -0.119. The van der Waals surface area contributed by atoms with Gasteiger partial charge in [0.25, 0.3) is 5.91 Å². The fourth-order valence-corrected chi connectivity index (χ4v) is 2.55. The van der Waals surface area contributed by atoms with Gasteiger partial charge in [-0.1, -0.05) is 6.92 Å². The summed E-state index contributed by atoms with van der Waals surface area (Å²) in [7, 11) is 0. The van der Waals surface area contributed by atoms with Crippen LogP contribution in [0.3, 0.4) is 0 Å². The third kappa shape index (κ3) is 2.59. The summed E-state index contributed by atoms with van der Waals surface area (Å²) in [5.74, 6) is -0.102. The first-order chi connectivity index (χ1) is 8.61. The zero-order chi connectivity index (χ0) is 13.1. The van der Waals surface area contributed by atoms with Crippen LogP contribution in [0.1, 0.15) is 30.5 Å². The summed E-state index contributed by atoms with van der Waals surface area (Å²) in [6.45, 7) is 5.88. The van der Waals surface area contributed by atoms with Crippen LogP contribution in [-0.2, 0) is 11.2 Å². The van der Waals surface area contributed by atoms with Crippen LogP contribution < -0.4 is 5.32 Å². The van der Waals surface area contributed by atoms with Crippen LogP contribution in [0.25, 0.3) is 0 Å². The average molecular weight is 264 g/mol. The van der Waals surface area contributed by atoms with Crippen LogP contribution >= 0.6 is 11.3 Å². The molecule has 0 saturated heterocycles. The molecule has 0 aliphatic rings. The molecule has 1 N–H and O–H groups in total. The molecule has 0 fully saturated rings. The maximum absolute atomic E-state index is 12.0. The molecule has 18 heavy (non-hydrogen) atoms. The fraction of sp³-hybridized carbons (Fsp3) is 0.417. The summed E-state index contributed by atoms with van der Waals surface area (Å²) in [5.41, 5.74) is 1.04. The molecule has 1 atom stereocenters. The van der Waals surface area contributed by atoms with Gasteiger partial charge >= 0.3 is 0 Å². The van der Waals surface area contributed by atoms with E-state index >= 15 is 0 Å². The molecule has 2 aromatic rings. The highest BCUT2D eigenvalue weighted by atomic mass is 32.1. The number of aryl methyl sites for hydroxylation is 2. The number of hydrogen-bond acceptors (Lipinski definition) is 4. The van der Waals surface area contributed by atoms with E-state index in [4.69, 9.17) is 0 Å². The van der Waals surface area contributed by atoms with E-state index in [2.05, 4.69) is 22.3 Å². The standard InChI is InChI=1S/C12H16N4OS/c1-4-10-9(3)18-12(14-10)15-11(17)8(2)16-7-5-6-13-16/h5-8H,4H2,1-3H3,(H,14,15,17). The lowest BCUT2D eigenvalue weighted by atomic mass is 10.3. The third-order valence-corrected chi connectivity index (χ3v) is 3.69. The summed E-state index contributed by atoms with van der Waals surface area (Å²) < 4.78 is 1.62. The highest BCUT2D eigenvalue weighted by Gasteiger charge is 2.17. The molecule has 1 unspecified atom stereocenters. The second-order valence-corrected chi connectivity index (χ2v) is 5.23. The van der Waals surface area contributed by atoms with Crippen LogP contribution in [0.4, 0.5) is 5.13 Å². The molecule has 5 nitrogen and oxygen atoms in total. The monoisotopic (exact) mass is 264 g/mol. The summed E-state index contributed by atoms with van der Waals surface area (Å²) in [6, 6.07) is 1.46. The van der Waals surface area contributed by atoms with Crippen molar-refractivity contribution in [1.82, 2.24) is 14.8 Å². The van der Waals surface area contributed by atoms with Crippen LogP contribution in [-0.4, -0.2) is 20.7 Å². The molecule has 2 heterocycles. The Hall–Kier alpha value is -1.69. The predicted octanol–water partition coefficient (Wildman–Crippen LogP) is 2.41. The van der Waals surface area contributed by atoms with Crippen molar-refractivity contribution in [3.8, 4) is 0 Å². The molecule has 0 saturated carbocycles. The van der Waals surface area contributed by atoms with Crippen molar-refractivity contribution in [3.05, 3.63) is 29.0 Å².